The van der Waals surface area contributed by atoms with Crippen LogP contribution in [0.4, 0.5) is 61.3 Å². The number of carbonyl (C=O) groups is 8. The second-order valence-corrected chi connectivity index (χ2v) is 35.2. The molecule has 32 heteroatoms. The average molecular weight is 2020 g/mol. The van der Waals surface area contributed by atoms with Gasteiger partial charge in [-0.1, -0.05) is 180 Å². The van der Waals surface area contributed by atoms with Gasteiger partial charge in [0.05, 0.1) is 29.5 Å². The number of para-hydroxylation sites is 4. The van der Waals surface area contributed by atoms with E-state index in [0.717, 1.165) is 80.3 Å². The first-order valence-electron chi connectivity index (χ1n) is 44.0. The van der Waals surface area contributed by atoms with Crippen molar-refractivity contribution >= 4 is 174 Å². The first-order valence-corrected chi connectivity index (χ1v) is 46.9. The van der Waals surface area contributed by atoms with Gasteiger partial charge in [0, 0.05) is 109 Å². The molecule has 4 aliphatic rings. The molecule has 13 aromatic rings. The van der Waals surface area contributed by atoms with Crippen LogP contribution in [0, 0.1) is 23.3 Å². The van der Waals surface area contributed by atoms with Crippen LogP contribution in [0.5, 0.6) is 0 Å². The molecule has 17 rings (SSSR count). The second kappa shape index (κ2) is 53.8. The highest BCUT2D eigenvalue weighted by Gasteiger charge is 2.40. The second-order valence-electron chi connectivity index (χ2n) is 32.2. The molecule has 20 nitrogen and oxygen atoms in total. The quantitative estimate of drug-likeness (QED) is 0.0242. The Morgan fingerprint density at radius 1 is 0.403 bits per heavy atom. The van der Waals surface area contributed by atoms with Crippen LogP contribution in [-0.2, 0) is 32.3 Å². The van der Waals surface area contributed by atoms with E-state index in [1.807, 2.05) is 220 Å². The van der Waals surface area contributed by atoms with Crippen LogP contribution in [0.1, 0.15) is 166 Å². The summed E-state index contributed by atoms with van der Waals surface area (Å²) in [5.74, 6) is -2.11. The van der Waals surface area contributed by atoms with Gasteiger partial charge in [0.1, 0.15) is 36.5 Å². The standard InChI is InChI=1S/C25H22ClFN2O2.C25H23FN2O3.C23H20ClFN2O.C18H20N2O2.C7H4ClFO.C6H6BClO2.C2H3ClO.CH2Cl2/c1-16-15-24(29(17(2)30)21-13-9-19(26)10-14-21)22-5-3-4-6-23(22)28(16)25(31)18-7-11-20(27)12-8-18;1-17-15-22(27-25(30)31-16-18-7-3-2-4-8-18)21-9-5-6-10-23(21)28(17)24(29)19-11-13-20(26)14-12-19;1-15-14-21(26-19-12-8-17(24)9-13-19)20-4-2-3-5-22(20)27(15)23(28)16-6-10-18(25)11-7-16;1-13-11-17(15-9-5-6-10-16(15)19-13)20-18(21)22-12-14-7-3-2-4-8-14;8-7(10)5-1-3-6(9)4-2-5;8-6-3-1-5(2-4-6)7(9)10;1-2(3)4;2-1-3/h3-14,16,24H,15H2,1-2H3;2-14,17,22H,15-16H2,1H3,(H,27,30);2-13,15,21,26H,14H2,1H3;2-10,13,17,19H,11-12H2,1H3,(H,20,21);1-4H;1-4,9-10H;1H3;1H2/t16-,24+;17-,22+;15-,21+;13-,17+;;;;/m0000..../s1. The first kappa shape index (κ1) is 108. The van der Waals surface area contributed by atoms with Gasteiger partial charge in [-0.2, -0.15) is 0 Å². The summed E-state index contributed by atoms with van der Waals surface area (Å²) in [6, 6.07) is 92.7. The van der Waals surface area contributed by atoms with Gasteiger partial charge < -0.3 is 60.4 Å². The minimum atomic E-state index is -1.41. The summed E-state index contributed by atoms with van der Waals surface area (Å²) in [7, 11) is -1.41. The molecule has 0 spiro atoms. The molecular formula is C107H100BCl7F4N8O12. The van der Waals surface area contributed by atoms with Crippen molar-refractivity contribution in [3.05, 3.63) is 422 Å². The molecule has 4 heterocycles. The lowest BCUT2D eigenvalue weighted by atomic mass is 9.81. The Bertz CT molecular complexity index is 6230. The van der Waals surface area contributed by atoms with Crippen molar-refractivity contribution in [2.45, 2.75) is 129 Å². The summed E-state index contributed by atoms with van der Waals surface area (Å²) < 4.78 is 62.7. The maximum Gasteiger partial charge on any atom is 0.488 e. The van der Waals surface area contributed by atoms with Crippen LogP contribution < -0.4 is 46.3 Å². The van der Waals surface area contributed by atoms with Crippen molar-refractivity contribution in [1.82, 2.24) is 10.6 Å². The van der Waals surface area contributed by atoms with Gasteiger partial charge in [-0.05, 0) is 297 Å². The summed E-state index contributed by atoms with van der Waals surface area (Å²) in [4.78, 5) is 103. The van der Waals surface area contributed by atoms with E-state index in [1.54, 1.807) is 51.1 Å². The molecule has 0 aromatic heterocycles. The third kappa shape index (κ3) is 32.0. The van der Waals surface area contributed by atoms with Crippen molar-refractivity contribution in [3.8, 4) is 0 Å². The van der Waals surface area contributed by atoms with Crippen LogP contribution in [0.15, 0.2) is 328 Å². The van der Waals surface area contributed by atoms with E-state index in [9.17, 15) is 55.9 Å². The predicted molar refractivity (Wildman–Crippen MR) is 546 cm³/mol. The maximum atomic E-state index is 13.3. The van der Waals surface area contributed by atoms with Gasteiger partial charge >= 0.3 is 19.3 Å². The van der Waals surface area contributed by atoms with Crippen molar-refractivity contribution in [1.29, 1.82) is 0 Å². The zero-order chi connectivity index (χ0) is 100. The SMILES string of the molecule is CC(=O)Cl.CC(=O)N(c1ccc(Cl)cc1)[C@@H]1C[C@H](C)N(C(=O)c2ccc(F)cc2)c2ccccc21.C[C@H]1C[C@@H](NC(=O)OCc2ccccc2)c2ccccc2N1.C[C@H]1C[C@@H](NC(=O)OCc2ccccc2)c2ccccc2N1C(=O)c1ccc(F)cc1.C[C@H]1C[C@@H](Nc2ccc(Cl)cc2)c2ccccc2N1C(=O)c1ccc(F)cc1.ClCCl.O=C(Cl)c1ccc(F)cc1.OB(O)c1ccc(Cl)cc1. The number of anilines is 6. The number of alkyl carbamates (subject to hydrolysis) is 2. The zero-order valence-corrected chi connectivity index (χ0v) is 81.5. The minimum Gasteiger partial charge on any atom is -0.445 e. The van der Waals surface area contributed by atoms with Crippen molar-refractivity contribution < 1.29 is 75.4 Å². The number of fused-ring (bicyclic) bond motifs is 4. The molecule has 0 radical (unpaired) electrons. The Labute approximate surface area is 840 Å². The van der Waals surface area contributed by atoms with E-state index >= 15 is 0 Å². The van der Waals surface area contributed by atoms with Crippen LogP contribution in [0.2, 0.25) is 15.1 Å². The highest BCUT2D eigenvalue weighted by molar-refractivity contribution is 6.67. The molecule has 720 valence electrons. The molecule has 6 amide bonds. The Morgan fingerprint density at radius 3 is 1.12 bits per heavy atom. The maximum absolute atomic E-state index is 13.3. The molecular weight excluding hydrogens is 1920 g/mol. The molecule has 8 atom stereocenters. The monoisotopic (exact) mass is 2020 g/mol. The number of alkyl halides is 2. The van der Waals surface area contributed by atoms with Crippen molar-refractivity contribution in [3.63, 3.8) is 0 Å². The number of carbonyl (C=O) groups excluding carboxylic acids is 8. The molecule has 0 unspecified atom stereocenters. The van der Waals surface area contributed by atoms with E-state index in [2.05, 4.69) is 39.8 Å². The predicted octanol–water partition coefficient (Wildman–Crippen LogP) is 25.6. The minimum absolute atomic E-state index is 0.0164. The topological polar surface area (TPSA) is 257 Å². The molecule has 0 aliphatic carbocycles. The number of benzene rings is 13. The number of amides is 6. The molecule has 6 N–H and O–H groups in total. The lowest BCUT2D eigenvalue weighted by molar-refractivity contribution is -0.117. The van der Waals surface area contributed by atoms with Crippen LogP contribution in [0.3, 0.4) is 0 Å². The number of hydrogen-bond acceptors (Lipinski definition) is 14. The highest BCUT2D eigenvalue weighted by Crippen LogP contribution is 2.45. The molecule has 139 heavy (non-hydrogen) atoms. The number of nitrogens with one attached hydrogen (secondary N) is 4. The van der Waals surface area contributed by atoms with Crippen LogP contribution in [0.25, 0.3) is 0 Å². The van der Waals surface area contributed by atoms with E-state index in [-0.39, 0.29) is 119 Å². The summed E-state index contributed by atoms with van der Waals surface area (Å²) in [6.07, 6.45) is 1.81. The lowest BCUT2D eigenvalue weighted by Crippen LogP contribution is -2.47. The Balaban J connectivity index is 0.000000176. The third-order valence-electron chi connectivity index (χ3n) is 22.2. The fourth-order valence-electron chi connectivity index (χ4n) is 15.9. The number of rotatable bonds is 15. The van der Waals surface area contributed by atoms with Crippen LogP contribution >= 0.6 is 81.2 Å². The van der Waals surface area contributed by atoms with E-state index in [0.29, 0.717) is 61.7 Å². The molecule has 0 bridgehead atoms. The lowest BCUT2D eigenvalue weighted by Gasteiger charge is -2.43. The summed E-state index contributed by atoms with van der Waals surface area (Å²) in [6.45, 7) is 11.3. The normalized spacial score (nSPS) is 16.4. The number of nitrogens with zero attached hydrogens (tertiary/aromatic N) is 4. The number of ether oxygens (including phenoxy) is 2. The molecule has 0 fully saturated rings. The van der Waals surface area contributed by atoms with E-state index in [4.69, 9.17) is 89.1 Å². The van der Waals surface area contributed by atoms with Gasteiger partial charge in [0.25, 0.3) is 23.0 Å². The fourth-order valence-corrected chi connectivity index (χ4v) is 16.4. The number of halogens is 11. The largest absolute Gasteiger partial charge is 0.488 e. The summed E-state index contributed by atoms with van der Waals surface area (Å²) in [5, 5.41) is 31.3. The van der Waals surface area contributed by atoms with Crippen molar-refractivity contribution in [2.75, 3.05) is 35.6 Å². The summed E-state index contributed by atoms with van der Waals surface area (Å²) in [5.41, 5.74) is 13.0. The molecule has 0 saturated carbocycles. The Morgan fingerprint density at radius 2 is 0.727 bits per heavy atom. The third-order valence-corrected chi connectivity index (χ3v) is 23.2. The van der Waals surface area contributed by atoms with E-state index < -0.39 is 18.5 Å². The number of hydrogen-bond donors (Lipinski definition) is 6. The first-order chi connectivity index (χ1) is 66.7. The van der Waals surface area contributed by atoms with Gasteiger partial charge in [-0.3, -0.25) is 28.8 Å². The fraction of sp³-hybridized carbons (Fsp3) is 0.196. The van der Waals surface area contributed by atoms with Gasteiger partial charge in [0.15, 0.2) is 0 Å². The highest BCUT2D eigenvalue weighted by atomic mass is 35.5. The Kier molecular flexibility index (Phi) is 41.8. The summed E-state index contributed by atoms with van der Waals surface area (Å²) >= 11 is 36.8. The molecule has 4 aliphatic heterocycles. The van der Waals surface area contributed by atoms with E-state index in [1.165, 1.54) is 111 Å². The average Bonchev–Trinajstić information content (AvgIpc) is 0.758. The van der Waals surface area contributed by atoms with Crippen LogP contribution in [-0.4, -0.2) is 93.0 Å². The smallest absolute Gasteiger partial charge is 0.445 e. The zero-order valence-electron chi connectivity index (χ0n) is 76.2. The van der Waals surface area contributed by atoms with Gasteiger partial charge in [0.2, 0.25) is 11.1 Å². The molecule has 13 aromatic carbocycles. The van der Waals surface area contributed by atoms with Crippen molar-refractivity contribution in [2.24, 2.45) is 0 Å². The van der Waals surface area contributed by atoms with Gasteiger partial charge in [-0.25, -0.2) is 27.2 Å². The Hall–Kier alpha value is -13.0. The molecule has 0 saturated heterocycles. The van der Waals surface area contributed by atoms with Gasteiger partial charge in [-0.15, -0.1) is 23.2 Å².